The molecule has 98 valence electrons. The van der Waals surface area contributed by atoms with E-state index < -0.39 is 5.97 Å². The second-order valence-corrected chi connectivity index (χ2v) is 5.28. The maximum Gasteiger partial charge on any atom is 0.306 e. The monoisotopic (exact) mass is 248 g/mol. The van der Waals surface area contributed by atoms with Gasteiger partial charge in [0.25, 0.3) is 0 Å². The lowest BCUT2D eigenvalue weighted by Crippen LogP contribution is -2.09. The molecule has 3 atom stereocenters. The van der Waals surface area contributed by atoms with Crippen LogP contribution >= 0.6 is 0 Å². The topological polar surface area (TPSA) is 46.5 Å². The summed E-state index contributed by atoms with van der Waals surface area (Å²) in [6, 6.07) is 6.03. The molecule has 0 heterocycles. The lowest BCUT2D eigenvalue weighted by molar-refractivity contribution is -0.139. The second kappa shape index (κ2) is 5.01. The average Bonchev–Trinajstić information content (AvgIpc) is 3.11. The molecule has 1 N–H and O–H groups in total. The van der Waals surface area contributed by atoms with Gasteiger partial charge in [-0.3, -0.25) is 4.79 Å². The highest BCUT2D eigenvalue weighted by atomic mass is 16.5. The number of benzene rings is 1. The normalized spacial score (nSPS) is 23.5. The molecule has 0 saturated heterocycles. The molecule has 1 saturated carbocycles. The number of aliphatic carboxylic acids is 1. The van der Waals surface area contributed by atoms with Gasteiger partial charge >= 0.3 is 5.97 Å². The van der Waals surface area contributed by atoms with Gasteiger partial charge in [0.15, 0.2) is 0 Å². The predicted octanol–water partition coefficient (Wildman–Crippen LogP) is 2.90. The van der Waals surface area contributed by atoms with Crippen molar-refractivity contribution in [3.63, 3.8) is 0 Å². The van der Waals surface area contributed by atoms with Gasteiger partial charge in [0.1, 0.15) is 5.75 Å². The Morgan fingerprint density at radius 3 is 2.83 bits per heavy atom. The smallest absolute Gasteiger partial charge is 0.306 e. The Morgan fingerprint density at radius 1 is 1.56 bits per heavy atom. The second-order valence-electron chi connectivity index (χ2n) is 5.28. The van der Waals surface area contributed by atoms with Crippen LogP contribution in [0.4, 0.5) is 0 Å². The van der Waals surface area contributed by atoms with Crippen LogP contribution in [-0.4, -0.2) is 18.2 Å². The van der Waals surface area contributed by atoms with Crippen molar-refractivity contribution in [3.8, 4) is 5.75 Å². The van der Waals surface area contributed by atoms with Crippen molar-refractivity contribution < 1.29 is 14.6 Å². The number of hydrogen-bond acceptors (Lipinski definition) is 2. The van der Waals surface area contributed by atoms with Gasteiger partial charge in [-0.1, -0.05) is 19.1 Å². The number of carbonyl (C=O) groups is 1. The summed E-state index contributed by atoms with van der Waals surface area (Å²) in [6.45, 7) is 4.21. The maximum atomic E-state index is 10.9. The van der Waals surface area contributed by atoms with E-state index in [1.165, 1.54) is 11.1 Å². The third-order valence-corrected chi connectivity index (χ3v) is 4.00. The van der Waals surface area contributed by atoms with E-state index in [-0.39, 0.29) is 5.92 Å². The SMILES string of the molecule is COc1cccc(C)c1CC(C)C1CC1C(=O)O. The molecule has 0 aliphatic heterocycles. The standard InChI is InChI=1S/C15H20O3/c1-9-5-4-6-14(18-3)12(9)7-10(2)11-8-13(11)15(16)17/h4-6,10-11,13H,7-8H2,1-3H3,(H,16,17). The fourth-order valence-electron chi connectivity index (χ4n) is 2.73. The first-order chi connectivity index (χ1) is 8.54. The van der Waals surface area contributed by atoms with Gasteiger partial charge < -0.3 is 9.84 Å². The summed E-state index contributed by atoms with van der Waals surface area (Å²) in [4.78, 5) is 10.9. The van der Waals surface area contributed by atoms with Gasteiger partial charge in [0.2, 0.25) is 0 Å². The Bertz CT molecular complexity index is 453. The molecular weight excluding hydrogens is 228 g/mol. The van der Waals surface area contributed by atoms with Crippen LogP contribution in [0.1, 0.15) is 24.5 Å². The molecule has 0 radical (unpaired) electrons. The molecule has 0 spiro atoms. The first-order valence-corrected chi connectivity index (χ1v) is 6.40. The summed E-state index contributed by atoms with van der Waals surface area (Å²) < 4.78 is 5.39. The van der Waals surface area contributed by atoms with Crippen molar-refractivity contribution in [2.24, 2.45) is 17.8 Å². The third-order valence-electron chi connectivity index (χ3n) is 4.00. The average molecular weight is 248 g/mol. The van der Waals surface area contributed by atoms with Crippen LogP contribution < -0.4 is 4.74 Å². The van der Waals surface area contributed by atoms with E-state index in [4.69, 9.17) is 9.84 Å². The van der Waals surface area contributed by atoms with E-state index in [2.05, 4.69) is 19.9 Å². The van der Waals surface area contributed by atoms with E-state index >= 15 is 0 Å². The number of rotatable bonds is 5. The lowest BCUT2D eigenvalue weighted by atomic mass is 9.92. The molecule has 1 aliphatic rings. The molecule has 3 nitrogen and oxygen atoms in total. The number of carboxylic acids is 1. The molecule has 1 aromatic carbocycles. The van der Waals surface area contributed by atoms with Gasteiger partial charge in [-0.2, -0.15) is 0 Å². The number of methoxy groups -OCH3 is 1. The Morgan fingerprint density at radius 2 is 2.28 bits per heavy atom. The summed E-state index contributed by atoms with van der Waals surface area (Å²) in [7, 11) is 1.68. The zero-order chi connectivity index (χ0) is 13.3. The van der Waals surface area contributed by atoms with E-state index in [1.807, 2.05) is 12.1 Å². The first-order valence-electron chi connectivity index (χ1n) is 6.40. The van der Waals surface area contributed by atoms with Crippen molar-refractivity contribution >= 4 is 5.97 Å². The molecular formula is C15H20O3. The summed E-state index contributed by atoms with van der Waals surface area (Å²) in [5, 5.41) is 8.97. The van der Waals surface area contributed by atoms with Crippen LogP contribution in [0.3, 0.4) is 0 Å². The molecule has 2 rings (SSSR count). The van der Waals surface area contributed by atoms with Crippen molar-refractivity contribution in [3.05, 3.63) is 29.3 Å². The van der Waals surface area contributed by atoms with Crippen LogP contribution in [0.5, 0.6) is 5.75 Å². The number of aryl methyl sites for hydroxylation is 1. The summed E-state index contributed by atoms with van der Waals surface area (Å²) in [5.41, 5.74) is 2.43. The van der Waals surface area contributed by atoms with Crippen molar-refractivity contribution in [1.82, 2.24) is 0 Å². The van der Waals surface area contributed by atoms with E-state index in [0.717, 1.165) is 18.6 Å². The third kappa shape index (κ3) is 2.50. The largest absolute Gasteiger partial charge is 0.496 e. The lowest BCUT2D eigenvalue weighted by Gasteiger charge is -2.16. The molecule has 0 bridgehead atoms. The molecule has 1 fully saturated rings. The molecule has 0 aromatic heterocycles. The zero-order valence-electron chi connectivity index (χ0n) is 11.1. The van der Waals surface area contributed by atoms with Crippen molar-refractivity contribution in [2.45, 2.75) is 26.7 Å². The highest BCUT2D eigenvalue weighted by molar-refractivity contribution is 5.73. The van der Waals surface area contributed by atoms with E-state index in [0.29, 0.717) is 11.8 Å². The summed E-state index contributed by atoms with van der Waals surface area (Å²) in [5.74, 6) is 0.848. The number of hydrogen-bond donors (Lipinski definition) is 1. The van der Waals surface area contributed by atoms with Crippen LogP contribution in [0.25, 0.3) is 0 Å². The van der Waals surface area contributed by atoms with Gasteiger partial charge in [0.05, 0.1) is 13.0 Å². The van der Waals surface area contributed by atoms with Gasteiger partial charge in [-0.25, -0.2) is 0 Å². The van der Waals surface area contributed by atoms with Crippen LogP contribution in [0.2, 0.25) is 0 Å². The molecule has 1 aromatic rings. The van der Waals surface area contributed by atoms with Gasteiger partial charge in [0, 0.05) is 0 Å². The van der Waals surface area contributed by atoms with Crippen molar-refractivity contribution in [1.29, 1.82) is 0 Å². The van der Waals surface area contributed by atoms with Crippen LogP contribution in [0, 0.1) is 24.7 Å². The molecule has 18 heavy (non-hydrogen) atoms. The first kappa shape index (κ1) is 12.9. The Balaban J connectivity index is 2.08. The minimum absolute atomic E-state index is 0.130. The maximum absolute atomic E-state index is 10.9. The van der Waals surface area contributed by atoms with E-state index in [1.54, 1.807) is 7.11 Å². The van der Waals surface area contributed by atoms with Gasteiger partial charge in [-0.15, -0.1) is 0 Å². The van der Waals surface area contributed by atoms with Crippen molar-refractivity contribution in [2.75, 3.05) is 7.11 Å². The fraction of sp³-hybridized carbons (Fsp3) is 0.533. The molecule has 3 unspecified atom stereocenters. The number of ether oxygens (including phenoxy) is 1. The van der Waals surface area contributed by atoms with Crippen LogP contribution in [0.15, 0.2) is 18.2 Å². The fourth-order valence-corrected chi connectivity index (χ4v) is 2.73. The minimum Gasteiger partial charge on any atom is -0.496 e. The predicted molar refractivity (Wildman–Crippen MR) is 69.8 cm³/mol. The number of carboxylic acid groups (broad SMARTS) is 1. The Hall–Kier alpha value is -1.51. The highest BCUT2D eigenvalue weighted by Crippen LogP contribution is 2.46. The van der Waals surface area contributed by atoms with E-state index in [9.17, 15) is 4.79 Å². The quantitative estimate of drug-likeness (QED) is 0.871. The molecule has 1 aliphatic carbocycles. The molecule has 0 amide bonds. The summed E-state index contributed by atoms with van der Waals surface area (Å²) >= 11 is 0. The molecule has 3 heteroatoms. The van der Waals surface area contributed by atoms with Gasteiger partial charge in [-0.05, 0) is 48.8 Å². The minimum atomic E-state index is -0.649. The summed E-state index contributed by atoms with van der Waals surface area (Å²) in [6.07, 6.45) is 1.72. The van der Waals surface area contributed by atoms with Crippen LogP contribution in [-0.2, 0) is 11.2 Å². The Labute approximate surface area is 108 Å². The zero-order valence-corrected chi connectivity index (χ0v) is 11.1. The Kier molecular flexibility index (Phi) is 3.60. The highest BCUT2D eigenvalue weighted by Gasteiger charge is 2.46.